The molecule has 3 nitrogen and oxygen atoms in total. The number of aromatic hydroxyl groups is 1. The van der Waals surface area contributed by atoms with Crippen molar-refractivity contribution in [2.75, 3.05) is 17.2 Å². The van der Waals surface area contributed by atoms with Crippen LogP contribution in [0.3, 0.4) is 0 Å². The number of hydrogen-bond donors (Lipinski definition) is 1. The van der Waals surface area contributed by atoms with Gasteiger partial charge < -0.3 is 10.0 Å². The summed E-state index contributed by atoms with van der Waals surface area (Å²) in [6.45, 7) is 4.58. The molecule has 4 heteroatoms. The van der Waals surface area contributed by atoms with E-state index in [1.165, 1.54) is 0 Å². The van der Waals surface area contributed by atoms with Crippen molar-refractivity contribution in [3.05, 3.63) is 23.8 Å². The molecular formula is C14H19NO2S. The zero-order valence-corrected chi connectivity index (χ0v) is 11.7. The van der Waals surface area contributed by atoms with E-state index in [1.54, 1.807) is 28.8 Å². The predicted octanol–water partition coefficient (Wildman–Crippen LogP) is 2.95. The molecule has 1 amide bonds. The molecule has 1 saturated heterocycles. The Morgan fingerprint density at radius 2 is 2.33 bits per heavy atom. The van der Waals surface area contributed by atoms with Gasteiger partial charge in [0.15, 0.2) is 0 Å². The van der Waals surface area contributed by atoms with Crippen LogP contribution in [0.4, 0.5) is 5.69 Å². The molecule has 0 bridgehead atoms. The van der Waals surface area contributed by atoms with E-state index in [9.17, 15) is 9.90 Å². The third-order valence-corrected chi connectivity index (χ3v) is 4.63. The largest absolute Gasteiger partial charge is 0.508 e. The second kappa shape index (κ2) is 5.65. The number of phenolic OH excluding ortho intramolecular Hbond substituents is 1. The summed E-state index contributed by atoms with van der Waals surface area (Å²) < 4.78 is 0. The molecule has 0 aromatic heterocycles. The summed E-state index contributed by atoms with van der Waals surface area (Å²) in [7, 11) is 0. The SMILES string of the molecule is CCN(C(=O)C1CCCS1)c1cc(O)ccc1C. The molecule has 1 aromatic rings. The molecule has 18 heavy (non-hydrogen) atoms. The fourth-order valence-electron chi connectivity index (χ4n) is 2.28. The van der Waals surface area contributed by atoms with Gasteiger partial charge in [0.25, 0.3) is 0 Å². The Morgan fingerprint density at radius 3 is 2.94 bits per heavy atom. The molecule has 1 aliphatic heterocycles. The number of benzene rings is 1. The first-order valence-electron chi connectivity index (χ1n) is 6.36. The number of carbonyl (C=O) groups excluding carboxylic acids is 1. The third kappa shape index (κ3) is 2.64. The van der Waals surface area contributed by atoms with Crippen LogP contribution in [0.1, 0.15) is 25.3 Å². The molecule has 0 saturated carbocycles. The zero-order chi connectivity index (χ0) is 13.1. The molecule has 1 unspecified atom stereocenters. The summed E-state index contributed by atoms with van der Waals surface area (Å²) in [5.74, 6) is 1.46. The normalized spacial score (nSPS) is 18.9. The number of rotatable bonds is 3. The Balaban J connectivity index is 2.26. The van der Waals surface area contributed by atoms with Crippen LogP contribution in [0.15, 0.2) is 18.2 Å². The maximum atomic E-state index is 12.5. The van der Waals surface area contributed by atoms with E-state index in [-0.39, 0.29) is 16.9 Å². The Labute approximate surface area is 112 Å². The highest BCUT2D eigenvalue weighted by molar-refractivity contribution is 8.00. The third-order valence-electron chi connectivity index (χ3n) is 3.27. The number of amides is 1. The number of phenols is 1. The van der Waals surface area contributed by atoms with Crippen LogP contribution in [0.25, 0.3) is 0 Å². The number of hydrogen-bond acceptors (Lipinski definition) is 3. The standard InChI is InChI=1S/C14H19NO2S/c1-3-15(14(17)13-5-4-8-18-13)12-9-11(16)7-6-10(12)2/h6-7,9,13,16H,3-5,8H2,1-2H3. The van der Waals surface area contributed by atoms with Crippen molar-refractivity contribution in [1.82, 2.24) is 0 Å². The molecule has 1 atom stereocenters. The molecule has 0 spiro atoms. The maximum Gasteiger partial charge on any atom is 0.240 e. The lowest BCUT2D eigenvalue weighted by Gasteiger charge is -2.25. The van der Waals surface area contributed by atoms with Crippen LogP contribution in [-0.2, 0) is 4.79 Å². The van der Waals surface area contributed by atoms with Crippen molar-refractivity contribution in [3.8, 4) is 5.75 Å². The van der Waals surface area contributed by atoms with Gasteiger partial charge in [0.05, 0.1) is 10.9 Å². The number of thioether (sulfide) groups is 1. The maximum absolute atomic E-state index is 12.5. The van der Waals surface area contributed by atoms with E-state index in [1.807, 2.05) is 19.9 Å². The topological polar surface area (TPSA) is 40.5 Å². The fraction of sp³-hybridized carbons (Fsp3) is 0.500. The summed E-state index contributed by atoms with van der Waals surface area (Å²) in [6, 6.07) is 5.18. The van der Waals surface area contributed by atoms with Gasteiger partial charge in [-0.25, -0.2) is 0 Å². The fourth-order valence-corrected chi connectivity index (χ4v) is 3.50. The van der Waals surface area contributed by atoms with Gasteiger partial charge in [-0.05, 0) is 44.1 Å². The molecule has 1 N–H and O–H groups in total. The highest BCUT2D eigenvalue weighted by Crippen LogP contribution is 2.31. The second-order valence-corrected chi connectivity index (χ2v) is 5.87. The Bertz CT molecular complexity index is 441. The van der Waals surface area contributed by atoms with Crippen molar-refractivity contribution >= 4 is 23.4 Å². The smallest absolute Gasteiger partial charge is 0.240 e. The van der Waals surface area contributed by atoms with Crippen molar-refractivity contribution in [1.29, 1.82) is 0 Å². The van der Waals surface area contributed by atoms with Gasteiger partial charge in [-0.15, -0.1) is 11.8 Å². The summed E-state index contributed by atoms with van der Waals surface area (Å²) in [4.78, 5) is 14.3. The molecular weight excluding hydrogens is 246 g/mol. The van der Waals surface area contributed by atoms with Crippen LogP contribution in [0.2, 0.25) is 0 Å². The summed E-state index contributed by atoms with van der Waals surface area (Å²) >= 11 is 1.75. The Morgan fingerprint density at radius 1 is 1.56 bits per heavy atom. The molecule has 1 heterocycles. The van der Waals surface area contributed by atoms with E-state index < -0.39 is 0 Å². The molecule has 0 aliphatic carbocycles. The highest BCUT2D eigenvalue weighted by Gasteiger charge is 2.28. The summed E-state index contributed by atoms with van der Waals surface area (Å²) in [6.07, 6.45) is 2.09. The van der Waals surface area contributed by atoms with E-state index in [4.69, 9.17) is 0 Å². The van der Waals surface area contributed by atoms with Crippen LogP contribution < -0.4 is 4.90 Å². The average Bonchev–Trinajstić information content (AvgIpc) is 2.88. The van der Waals surface area contributed by atoms with Gasteiger partial charge in [-0.2, -0.15) is 0 Å². The molecule has 1 aromatic carbocycles. The summed E-state index contributed by atoms with van der Waals surface area (Å²) in [5, 5.41) is 9.68. The van der Waals surface area contributed by atoms with Crippen molar-refractivity contribution < 1.29 is 9.90 Å². The quantitative estimate of drug-likeness (QED) is 0.913. The van der Waals surface area contributed by atoms with Crippen molar-refractivity contribution in [3.63, 3.8) is 0 Å². The predicted molar refractivity (Wildman–Crippen MR) is 76.4 cm³/mol. The van der Waals surface area contributed by atoms with Crippen LogP contribution >= 0.6 is 11.8 Å². The van der Waals surface area contributed by atoms with Gasteiger partial charge in [-0.3, -0.25) is 4.79 Å². The lowest BCUT2D eigenvalue weighted by Crippen LogP contribution is -2.37. The number of aryl methyl sites for hydroxylation is 1. The molecule has 1 aliphatic rings. The molecule has 2 rings (SSSR count). The first-order chi connectivity index (χ1) is 8.63. The lowest BCUT2D eigenvalue weighted by molar-refractivity contribution is -0.118. The first kappa shape index (κ1) is 13.3. The van der Waals surface area contributed by atoms with Crippen LogP contribution in [0.5, 0.6) is 5.75 Å². The number of anilines is 1. The number of nitrogens with zero attached hydrogens (tertiary/aromatic N) is 1. The second-order valence-electron chi connectivity index (χ2n) is 4.55. The average molecular weight is 265 g/mol. The van der Waals surface area contributed by atoms with Gasteiger partial charge in [0.1, 0.15) is 5.75 Å². The number of carbonyl (C=O) groups is 1. The Hall–Kier alpha value is -1.16. The van der Waals surface area contributed by atoms with E-state index in [0.29, 0.717) is 6.54 Å². The zero-order valence-electron chi connectivity index (χ0n) is 10.8. The van der Waals surface area contributed by atoms with E-state index in [0.717, 1.165) is 29.8 Å². The minimum atomic E-state index is 0.0895. The first-order valence-corrected chi connectivity index (χ1v) is 7.41. The van der Waals surface area contributed by atoms with E-state index in [2.05, 4.69) is 0 Å². The van der Waals surface area contributed by atoms with Crippen molar-refractivity contribution in [2.24, 2.45) is 0 Å². The molecule has 98 valence electrons. The van der Waals surface area contributed by atoms with Gasteiger partial charge in [0.2, 0.25) is 5.91 Å². The highest BCUT2D eigenvalue weighted by atomic mass is 32.2. The minimum Gasteiger partial charge on any atom is -0.508 e. The van der Waals surface area contributed by atoms with Crippen molar-refractivity contribution in [2.45, 2.75) is 31.9 Å². The van der Waals surface area contributed by atoms with Crippen LogP contribution in [-0.4, -0.2) is 28.6 Å². The van der Waals surface area contributed by atoms with Gasteiger partial charge >= 0.3 is 0 Å². The Kier molecular flexibility index (Phi) is 4.17. The van der Waals surface area contributed by atoms with Gasteiger partial charge in [0, 0.05) is 12.6 Å². The molecule has 0 radical (unpaired) electrons. The minimum absolute atomic E-state index is 0.0895. The molecule has 1 fully saturated rings. The lowest BCUT2D eigenvalue weighted by atomic mass is 10.1. The monoisotopic (exact) mass is 265 g/mol. The summed E-state index contributed by atoms with van der Waals surface area (Å²) in [5.41, 5.74) is 1.85. The van der Waals surface area contributed by atoms with E-state index >= 15 is 0 Å². The van der Waals surface area contributed by atoms with Crippen LogP contribution in [0, 0.1) is 6.92 Å². The van der Waals surface area contributed by atoms with Gasteiger partial charge in [-0.1, -0.05) is 6.07 Å².